The van der Waals surface area contributed by atoms with E-state index in [0.29, 0.717) is 31.2 Å². The summed E-state index contributed by atoms with van der Waals surface area (Å²) in [6.07, 6.45) is 2.60. The van der Waals surface area contributed by atoms with E-state index < -0.39 is 17.3 Å². The average molecular weight is 324 g/mol. The fraction of sp³-hybridized carbons (Fsp3) is 0.625. The lowest BCUT2D eigenvalue weighted by Crippen LogP contribution is -2.23. The van der Waals surface area contributed by atoms with Crippen molar-refractivity contribution in [2.75, 3.05) is 24.6 Å². The van der Waals surface area contributed by atoms with Crippen molar-refractivity contribution in [2.24, 2.45) is 11.3 Å². The highest BCUT2D eigenvalue weighted by Crippen LogP contribution is 2.65. The van der Waals surface area contributed by atoms with Gasteiger partial charge in [0.2, 0.25) is 5.88 Å². The maximum Gasteiger partial charge on any atom is 0.354 e. The number of carboxylic acids is 1. The zero-order valence-corrected chi connectivity index (χ0v) is 12.6. The number of carboxylic acid groups (broad SMARTS) is 1. The van der Waals surface area contributed by atoms with Crippen molar-refractivity contribution in [2.45, 2.75) is 31.6 Å². The molecule has 3 fully saturated rings. The molecule has 1 saturated heterocycles. The quantitative estimate of drug-likeness (QED) is 0.902. The van der Waals surface area contributed by atoms with Crippen molar-refractivity contribution in [1.82, 2.24) is 4.98 Å². The van der Waals surface area contributed by atoms with E-state index in [0.717, 1.165) is 12.8 Å². The molecule has 2 aliphatic carbocycles. The number of aromatic carboxylic acids is 1. The molecule has 23 heavy (non-hydrogen) atoms. The Morgan fingerprint density at radius 3 is 2.74 bits per heavy atom. The fourth-order valence-corrected chi connectivity index (χ4v) is 3.28. The number of rotatable bonds is 5. The van der Waals surface area contributed by atoms with E-state index in [1.165, 1.54) is 6.07 Å². The average Bonchev–Trinajstić information content (AvgIpc) is 3.36. The lowest BCUT2D eigenvalue weighted by molar-refractivity contribution is 0.0687. The van der Waals surface area contributed by atoms with Crippen LogP contribution in [0.5, 0.6) is 5.88 Å². The number of hydrogen-bond acceptors (Lipinski definition) is 4. The predicted octanol–water partition coefficient (Wildman–Crippen LogP) is 2.80. The van der Waals surface area contributed by atoms with E-state index in [1.807, 2.05) is 4.90 Å². The summed E-state index contributed by atoms with van der Waals surface area (Å²) in [7, 11) is 0. The molecule has 1 spiro atoms. The fourth-order valence-electron chi connectivity index (χ4n) is 3.28. The second-order valence-corrected chi connectivity index (χ2v) is 6.91. The number of hydrogen-bond donors (Lipinski definition) is 1. The number of aromatic nitrogens is 1. The van der Waals surface area contributed by atoms with Crippen LogP contribution in [0.4, 0.5) is 14.5 Å². The van der Waals surface area contributed by atoms with Gasteiger partial charge in [0.05, 0.1) is 17.7 Å². The zero-order chi connectivity index (χ0) is 16.2. The van der Waals surface area contributed by atoms with E-state index in [2.05, 4.69) is 4.98 Å². The number of carbonyl (C=O) groups is 1. The Kier molecular flexibility index (Phi) is 3.05. The van der Waals surface area contributed by atoms with Gasteiger partial charge >= 0.3 is 5.97 Å². The minimum absolute atomic E-state index is 0.0601. The van der Waals surface area contributed by atoms with E-state index in [9.17, 15) is 13.6 Å². The third-order valence-electron chi connectivity index (χ3n) is 5.12. The summed E-state index contributed by atoms with van der Waals surface area (Å²) < 4.78 is 32.8. The van der Waals surface area contributed by atoms with Crippen LogP contribution in [0.3, 0.4) is 0 Å². The number of halogens is 2. The van der Waals surface area contributed by atoms with Crippen molar-refractivity contribution in [1.29, 1.82) is 0 Å². The van der Waals surface area contributed by atoms with Crippen LogP contribution in [0.25, 0.3) is 0 Å². The van der Waals surface area contributed by atoms with Crippen LogP contribution in [0.15, 0.2) is 12.1 Å². The van der Waals surface area contributed by atoms with Crippen molar-refractivity contribution >= 4 is 11.7 Å². The monoisotopic (exact) mass is 324 g/mol. The van der Waals surface area contributed by atoms with Gasteiger partial charge in [0, 0.05) is 19.5 Å². The Bertz CT molecular complexity index is 663. The smallest absolute Gasteiger partial charge is 0.354 e. The van der Waals surface area contributed by atoms with Crippen molar-refractivity contribution in [3.63, 3.8) is 0 Å². The highest BCUT2D eigenvalue weighted by Gasteiger charge is 2.72. The zero-order valence-electron chi connectivity index (χ0n) is 12.6. The lowest BCUT2D eigenvalue weighted by Gasteiger charge is -2.21. The first-order valence-electron chi connectivity index (χ1n) is 7.90. The molecule has 1 aliphatic heterocycles. The molecule has 0 aromatic carbocycles. The van der Waals surface area contributed by atoms with E-state index in [1.54, 1.807) is 6.07 Å². The third-order valence-corrected chi connectivity index (χ3v) is 5.12. The molecule has 3 aliphatic rings. The molecule has 2 saturated carbocycles. The van der Waals surface area contributed by atoms with Crippen molar-refractivity contribution in [3.8, 4) is 5.88 Å². The third kappa shape index (κ3) is 2.52. The first-order chi connectivity index (χ1) is 10.9. The van der Waals surface area contributed by atoms with Crippen LogP contribution >= 0.6 is 0 Å². The maximum absolute atomic E-state index is 13.6. The molecule has 0 radical (unpaired) electrons. The molecule has 7 heteroatoms. The van der Waals surface area contributed by atoms with E-state index >= 15 is 0 Å². The Morgan fingerprint density at radius 2 is 2.17 bits per heavy atom. The van der Waals surface area contributed by atoms with Crippen molar-refractivity contribution < 1.29 is 23.4 Å². The minimum Gasteiger partial charge on any atom is -0.477 e. The molecule has 5 nitrogen and oxygen atoms in total. The second kappa shape index (κ2) is 4.79. The van der Waals surface area contributed by atoms with Crippen LogP contribution in [-0.4, -0.2) is 41.7 Å². The molecule has 124 valence electrons. The van der Waals surface area contributed by atoms with Gasteiger partial charge in [-0.3, -0.25) is 0 Å². The topological polar surface area (TPSA) is 62.7 Å². The summed E-state index contributed by atoms with van der Waals surface area (Å²) in [4.78, 5) is 17.0. The van der Waals surface area contributed by atoms with Gasteiger partial charge in [-0.05, 0) is 37.3 Å². The molecule has 0 bridgehead atoms. The Hall–Kier alpha value is -1.92. The van der Waals surface area contributed by atoms with Crippen LogP contribution in [0.1, 0.15) is 36.2 Å². The van der Waals surface area contributed by atoms with E-state index in [4.69, 9.17) is 9.84 Å². The number of alkyl halides is 2. The van der Waals surface area contributed by atoms with Crippen LogP contribution in [0, 0.1) is 11.3 Å². The largest absolute Gasteiger partial charge is 0.477 e. The minimum atomic E-state index is -2.58. The number of pyridine rings is 1. The van der Waals surface area contributed by atoms with Gasteiger partial charge in [-0.2, -0.15) is 0 Å². The summed E-state index contributed by atoms with van der Waals surface area (Å²) in [6.45, 7) is 1.29. The first kappa shape index (κ1) is 14.7. The maximum atomic E-state index is 13.6. The van der Waals surface area contributed by atoms with Gasteiger partial charge in [0.1, 0.15) is 0 Å². The molecular weight excluding hydrogens is 306 g/mol. The molecule has 4 rings (SSSR count). The van der Waals surface area contributed by atoms with Crippen LogP contribution in [0.2, 0.25) is 0 Å². The highest BCUT2D eigenvalue weighted by atomic mass is 19.3. The van der Waals surface area contributed by atoms with Crippen LogP contribution < -0.4 is 9.64 Å². The number of anilines is 1. The predicted molar refractivity (Wildman–Crippen MR) is 78.2 cm³/mol. The summed E-state index contributed by atoms with van der Waals surface area (Å²) in [6, 6.07) is 3.02. The van der Waals surface area contributed by atoms with Gasteiger partial charge < -0.3 is 14.7 Å². The van der Waals surface area contributed by atoms with E-state index in [-0.39, 0.29) is 24.5 Å². The Labute approximate surface area is 132 Å². The van der Waals surface area contributed by atoms with Gasteiger partial charge in [-0.25, -0.2) is 18.6 Å². The summed E-state index contributed by atoms with van der Waals surface area (Å²) in [5.74, 6) is -2.96. The van der Waals surface area contributed by atoms with Crippen LogP contribution in [-0.2, 0) is 0 Å². The van der Waals surface area contributed by atoms with Gasteiger partial charge in [0.25, 0.3) is 5.92 Å². The normalized spacial score (nSPS) is 28.2. The standard InChI is InChI=1S/C16H18F2N2O3/c17-16(18)8-15(16)5-6-20(9-15)12-4-3-11(14(21)22)19-13(12)23-7-10-1-2-10/h3-4,10H,1-2,5-9H2,(H,21,22). The summed E-state index contributed by atoms with van der Waals surface area (Å²) >= 11 is 0. The lowest BCUT2D eigenvalue weighted by atomic mass is 10.1. The molecule has 1 aromatic rings. The molecular formula is C16H18F2N2O3. The summed E-state index contributed by atoms with van der Waals surface area (Å²) in [5.41, 5.74) is -0.382. The van der Waals surface area contributed by atoms with Gasteiger partial charge in [0.15, 0.2) is 5.69 Å². The molecule has 1 N–H and O–H groups in total. The van der Waals surface area contributed by atoms with Gasteiger partial charge in [-0.1, -0.05) is 0 Å². The molecule has 2 heterocycles. The Morgan fingerprint density at radius 1 is 1.43 bits per heavy atom. The SMILES string of the molecule is O=C(O)c1ccc(N2CCC3(C2)CC3(F)F)c(OCC2CC2)n1. The molecule has 0 amide bonds. The molecule has 1 atom stereocenters. The molecule has 1 unspecified atom stereocenters. The number of ether oxygens (including phenoxy) is 1. The number of nitrogens with zero attached hydrogens (tertiary/aromatic N) is 2. The van der Waals surface area contributed by atoms with Crippen molar-refractivity contribution in [3.05, 3.63) is 17.8 Å². The highest BCUT2D eigenvalue weighted by molar-refractivity contribution is 5.86. The molecule has 1 aromatic heterocycles. The second-order valence-electron chi connectivity index (χ2n) is 6.91. The van der Waals surface area contributed by atoms with Gasteiger partial charge in [-0.15, -0.1) is 0 Å². The Balaban J connectivity index is 1.58. The first-order valence-corrected chi connectivity index (χ1v) is 7.90. The summed E-state index contributed by atoms with van der Waals surface area (Å²) in [5, 5.41) is 9.09.